The molecule has 2 aliphatic heterocycles. The zero-order valence-corrected chi connectivity index (χ0v) is 13.4. The third-order valence-corrected chi connectivity index (χ3v) is 5.21. The number of carbonyl (C=O) groups excluding carboxylic acids is 2. The number of nitrogens with zero attached hydrogens (tertiary/aromatic N) is 2. The van der Waals surface area contributed by atoms with Crippen molar-refractivity contribution in [2.75, 3.05) is 6.61 Å². The molecule has 0 saturated carbocycles. The SMILES string of the molecule is CCOC(=O)[C@@]1(CC)C[C@H]2CC[C@@H]1N2C(=O)Cc1n[nH]c(=O)[nH]1. The van der Waals surface area contributed by atoms with Gasteiger partial charge in [0.1, 0.15) is 5.82 Å². The summed E-state index contributed by atoms with van der Waals surface area (Å²) in [4.78, 5) is 40.6. The molecular formula is C15H22N4O4. The van der Waals surface area contributed by atoms with Crippen LogP contribution in [0.25, 0.3) is 0 Å². The van der Waals surface area contributed by atoms with Gasteiger partial charge in [0.15, 0.2) is 0 Å². The Morgan fingerprint density at radius 3 is 2.78 bits per heavy atom. The predicted molar refractivity (Wildman–Crippen MR) is 80.5 cm³/mol. The summed E-state index contributed by atoms with van der Waals surface area (Å²) in [6, 6.07) is -0.0442. The highest BCUT2D eigenvalue weighted by Gasteiger charge is 2.60. The molecule has 0 unspecified atom stereocenters. The van der Waals surface area contributed by atoms with Gasteiger partial charge in [-0.1, -0.05) is 6.92 Å². The fourth-order valence-corrected chi connectivity index (χ4v) is 4.20. The highest BCUT2D eigenvalue weighted by Crippen LogP contribution is 2.52. The molecule has 1 aromatic rings. The van der Waals surface area contributed by atoms with Gasteiger partial charge in [0.05, 0.1) is 18.4 Å². The number of hydrogen-bond acceptors (Lipinski definition) is 5. The van der Waals surface area contributed by atoms with E-state index in [0.29, 0.717) is 25.3 Å². The molecule has 3 atom stereocenters. The van der Waals surface area contributed by atoms with Crippen LogP contribution in [0.1, 0.15) is 45.4 Å². The fraction of sp³-hybridized carbons (Fsp3) is 0.733. The summed E-state index contributed by atoms with van der Waals surface area (Å²) < 4.78 is 5.28. The van der Waals surface area contributed by atoms with Crippen molar-refractivity contribution in [2.24, 2.45) is 5.41 Å². The quantitative estimate of drug-likeness (QED) is 0.761. The number of rotatable bonds is 5. The van der Waals surface area contributed by atoms with Gasteiger partial charge in [0.2, 0.25) is 5.91 Å². The summed E-state index contributed by atoms with van der Waals surface area (Å²) in [6.07, 6.45) is 3.09. The van der Waals surface area contributed by atoms with E-state index in [1.165, 1.54) is 0 Å². The Kier molecular flexibility index (Phi) is 3.99. The Hall–Kier alpha value is -2.12. The Balaban J connectivity index is 1.80. The molecule has 0 aromatic carbocycles. The lowest BCUT2D eigenvalue weighted by Gasteiger charge is -2.34. The van der Waals surface area contributed by atoms with E-state index in [-0.39, 0.29) is 30.4 Å². The number of H-pyrrole nitrogens is 2. The fourth-order valence-electron chi connectivity index (χ4n) is 4.20. The standard InChI is InChI=1S/C15H22N4O4/c1-3-15(13(21)23-4-2)8-9-5-6-10(15)19(9)12(20)7-11-16-14(22)18-17-11/h9-10H,3-8H2,1-2H3,(H2,16,17,18,22)/t9-,10+,15+/m1/s1. The van der Waals surface area contributed by atoms with Crippen LogP contribution in [0.2, 0.25) is 0 Å². The summed E-state index contributed by atoms with van der Waals surface area (Å²) in [5, 5.41) is 6.05. The number of aromatic amines is 2. The molecule has 0 spiro atoms. The Morgan fingerprint density at radius 2 is 2.17 bits per heavy atom. The zero-order chi connectivity index (χ0) is 16.6. The molecule has 1 amide bonds. The highest BCUT2D eigenvalue weighted by molar-refractivity contribution is 5.84. The van der Waals surface area contributed by atoms with Gasteiger partial charge >= 0.3 is 11.7 Å². The van der Waals surface area contributed by atoms with Gasteiger partial charge in [0.25, 0.3) is 0 Å². The largest absolute Gasteiger partial charge is 0.466 e. The number of ether oxygens (including phenoxy) is 1. The normalized spacial score (nSPS) is 29.0. The van der Waals surface area contributed by atoms with Crippen molar-refractivity contribution in [3.05, 3.63) is 16.3 Å². The second kappa shape index (κ2) is 5.82. The van der Waals surface area contributed by atoms with E-state index >= 15 is 0 Å². The molecule has 2 N–H and O–H groups in total. The number of esters is 1. The Labute approximate surface area is 133 Å². The van der Waals surface area contributed by atoms with Crippen molar-refractivity contribution in [2.45, 2.75) is 58.0 Å². The van der Waals surface area contributed by atoms with Crippen LogP contribution in [-0.4, -0.2) is 50.6 Å². The number of amides is 1. The van der Waals surface area contributed by atoms with Gasteiger partial charge in [-0.05, 0) is 32.6 Å². The van der Waals surface area contributed by atoms with Crippen LogP contribution < -0.4 is 5.69 Å². The van der Waals surface area contributed by atoms with Crippen LogP contribution in [-0.2, 0) is 20.7 Å². The lowest BCUT2D eigenvalue weighted by molar-refractivity contribution is -0.158. The van der Waals surface area contributed by atoms with Gasteiger partial charge in [-0.3, -0.25) is 14.6 Å². The Bertz CT molecular complexity index is 666. The molecule has 3 rings (SSSR count). The van der Waals surface area contributed by atoms with Crippen LogP contribution in [0.3, 0.4) is 0 Å². The van der Waals surface area contributed by atoms with E-state index < -0.39 is 11.1 Å². The second-order valence-electron chi connectivity index (χ2n) is 6.28. The second-order valence-corrected chi connectivity index (χ2v) is 6.28. The lowest BCUT2D eigenvalue weighted by Crippen LogP contribution is -2.46. The van der Waals surface area contributed by atoms with E-state index in [2.05, 4.69) is 15.2 Å². The van der Waals surface area contributed by atoms with E-state index in [9.17, 15) is 14.4 Å². The molecule has 8 nitrogen and oxygen atoms in total. The number of nitrogens with one attached hydrogen (secondary N) is 2. The van der Waals surface area contributed by atoms with Gasteiger partial charge < -0.3 is 9.64 Å². The molecule has 1 aromatic heterocycles. The van der Waals surface area contributed by atoms with Crippen molar-refractivity contribution in [1.82, 2.24) is 20.1 Å². The maximum Gasteiger partial charge on any atom is 0.340 e. The molecule has 2 aliphatic rings. The van der Waals surface area contributed by atoms with Gasteiger partial charge in [-0.2, -0.15) is 5.10 Å². The summed E-state index contributed by atoms with van der Waals surface area (Å²) >= 11 is 0. The van der Waals surface area contributed by atoms with E-state index in [4.69, 9.17) is 4.74 Å². The molecule has 23 heavy (non-hydrogen) atoms. The summed E-state index contributed by atoms with van der Waals surface area (Å²) in [5.41, 5.74) is -1.01. The molecular weight excluding hydrogens is 300 g/mol. The minimum absolute atomic E-state index is 0.0361. The average Bonchev–Trinajstić information content (AvgIpc) is 3.20. The minimum Gasteiger partial charge on any atom is -0.466 e. The number of aromatic nitrogens is 3. The number of carbonyl (C=O) groups is 2. The van der Waals surface area contributed by atoms with Crippen molar-refractivity contribution in [3.8, 4) is 0 Å². The predicted octanol–water partition coefficient (Wildman–Crippen LogP) is 0.363. The molecule has 2 saturated heterocycles. The molecule has 2 fully saturated rings. The first-order valence-corrected chi connectivity index (χ1v) is 8.13. The van der Waals surface area contributed by atoms with E-state index in [1.54, 1.807) is 6.92 Å². The molecule has 0 radical (unpaired) electrons. The van der Waals surface area contributed by atoms with Gasteiger partial charge in [-0.15, -0.1) is 0 Å². The van der Waals surface area contributed by atoms with E-state index in [0.717, 1.165) is 12.8 Å². The van der Waals surface area contributed by atoms with Crippen LogP contribution >= 0.6 is 0 Å². The number of fused-ring (bicyclic) bond motifs is 2. The average molecular weight is 322 g/mol. The van der Waals surface area contributed by atoms with Crippen molar-refractivity contribution >= 4 is 11.9 Å². The maximum absolute atomic E-state index is 12.7. The van der Waals surface area contributed by atoms with E-state index in [1.807, 2.05) is 11.8 Å². The first-order valence-electron chi connectivity index (χ1n) is 8.13. The highest BCUT2D eigenvalue weighted by atomic mass is 16.5. The molecule has 126 valence electrons. The summed E-state index contributed by atoms with van der Waals surface area (Å²) in [7, 11) is 0. The smallest absolute Gasteiger partial charge is 0.340 e. The van der Waals surface area contributed by atoms with Crippen LogP contribution in [0.15, 0.2) is 4.79 Å². The topological polar surface area (TPSA) is 108 Å². The lowest BCUT2D eigenvalue weighted by atomic mass is 9.72. The third-order valence-electron chi connectivity index (χ3n) is 5.21. The van der Waals surface area contributed by atoms with Crippen molar-refractivity contribution in [3.63, 3.8) is 0 Å². The van der Waals surface area contributed by atoms with Crippen LogP contribution in [0.5, 0.6) is 0 Å². The molecule has 2 bridgehead atoms. The molecule has 8 heteroatoms. The first kappa shape index (κ1) is 15.8. The zero-order valence-electron chi connectivity index (χ0n) is 13.4. The first-order chi connectivity index (χ1) is 11.0. The number of hydrogen-bond donors (Lipinski definition) is 2. The van der Waals surface area contributed by atoms with Crippen molar-refractivity contribution in [1.29, 1.82) is 0 Å². The molecule has 3 heterocycles. The van der Waals surface area contributed by atoms with Crippen LogP contribution in [0.4, 0.5) is 0 Å². The third kappa shape index (κ3) is 2.46. The van der Waals surface area contributed by atoms with Crippen molar-refractivity contribution < 1.29 is 14.3 Å². The Morgan fingerprint density at radius 1 is 1.39 bits per heavy atom. The summed E-state index contributed by atoms with van der Waals surface area (Å²) in [6.45, 7) is 4.12. The maximum atomic E-state index is 12.7. The minimum atomic E-state index is -0.590. The van der Waals surface area contributed by atoms with Crippen LogP contribution in [0, 0.1) is 5.41 Å². The van der Waals surface area contributed by atoms with Gasteiger partial charge in [0, 0.05) is 12.1 Å². The van der Waals surface area contributed by atoms with Gasteiger partial charge in [-0.25, -0.2) is 9.89 Å². The molecule has 0 aliphatic carbocycles. The summed E-state index contributed by atoms with van der Waals surface area (Å²) in [5.74, 6) is 0.0325. The monoisotopic (exact) mass is 322 g/mol.